The number of hydrogen-bond donors (Lipinski definition) is 1. The van der Waals surface area contributed by atoms with Crippen LogP contribution in [0.4, 0.5) is 0 Å². The van der Waals surface area contributed by atoms with Crippen LogP contribution in [0.3, 0.4) is 0 Å². The Hall–Kier alpha value is -3.41. The number of nitriles is 3. The molecule has 8 nitrogen and oxygen atoms in total. The smallest absolute Gasteiger partial charge is 0.337 e. The van der Waals surface area contributed by atoms with Crippen molar-refractivity contribution in [2.75, 3.05) is 7.11 Å². The van der Waals surface area contributed by atoms with E-state index in [4.69, 9.17) is 14.9 Å². The Labute approximate surface area is 168 Å². The predicted molar refractivity (Wildman–Crippen MR) is 98.9 cm³/mol. The minimum atomic E-state index is -2.00. The van der Waals surface area contributed by atoms with Gasteiger partial charge in [0.1, 0.15) is 6.10 Å². The van der Waals surface area contributed by atoms with Crippen molar-refractivity contribution in [1.29, 1.82) is 21.2 Å². The molecule has 1 aromatic rings. The van der Waals surface area contributed by atoms with E-state index in [1.807, 2.05) is 19.1 Å². The summed E-state index contributed by atoms with van der Waals surface area (Å²) >= 11 is 0. The van der Waals surface area contributed by atoms with E-state index >= 15 is 0 Å². The SMILES string of the molecule is CCCC1C2(C)OC(=N)C1(C#N)C(C#N)(C#N)C(c1ccc(C(=O)OC)cc1)O2. The maximum atomic E-state index is 11.7. The Balaban J connectivity index is 2.22. The normalized spacial score (nSPS) is 31.7. The summed E-state index contributed by atoms with van der Waals surface area (Å²) in [5.74, 6) is -2.92. The second kappa shape index (κ2) is 6.88. The molecule has 148 valence electrons. The van der Waals surface area contributed by atoms with Crippen molar-refractivity contribution >= 4 is 11.9 Å². The summed E-state index contributed by atoms with van der Waals surface area (Å²) in [5, 5.41) is 38.8. The van der Waals surface area contributed by atoms with Gasteiger partial charge in [-0.15, -0.1) is 0 Å². The quantitative estimate of drug-likeness (QED) is 0.776. The summed E-state index contributed by atoms with van der Waals surface area (Å²) in [5.41, 5.74) is -3.05. The number of methoxy groups -OCH3 is 1. The molecule has 0 spiro atoms. The summed E-state index contributed by atoms with van der Waals surface area (Å²) in [4.78, 5) is 11.7. The fourth-order valence-corrected chi connectivity index (χ4v) is 4.53. The van der Waals surface area contributed by atoms with Gasteiger partial charge in [-0.2, -0.15) is 15.8 Å². The molecule has 2 aliphatic rings. The van der Waals surface area contributed by atoms with Crippen LogP contribution in [-0.2, 0) is 14.2 Å². The van der Waals surface area contributed by atoms with E-state index < -0.39 is 40.5 Å². The first-order valence-electron chi connectivity index (χ1n) is 9.18. The van der Waals surface area contributed by atoms with Crippen LogP contribution in [0.5, 0.6) is 0 Å². The van der Waals surface area contributed by atoms with Crippen LogP contribution in [-0.4, -0.2) is 24.8 Å². The van der Waals surface area contributed by atoms with Crippen LogP contribution in [0.25, 0.3) is 0 Å². The number of rotatable bonds is 4. The molecule has 8 heteroatoms. The van der Waals surface area contributed by atoms with E-state index in [2.05, 4.69) is 10.8 Å². The second-order valence-electron chi connectivity index (χ2n) is 7.35. The molecule has 2 heterocycles. The van der Waals surface area contributed by atoms with Crippen LogP contribution in [0, 0.1) is 56.2 Å². The van der Waals surface area contributed by atoms with Gasteiger partial charge in [0.2, 0.25) is 17.1 Å². The highest BCUT2D eigenvalue weighted by molar-refractivity contribution is 5.90. The van der Waals surface area contributed by atoms with Gasteiger partial charge in [-0.1, -0.05) is 25.5 Å². The van der Waals surface area contributed by atoms with Crippen molar-refractivity contribution in [3.8, 4) is 18.2 Å². The molecule has 29 heavy (non-hydrogen) atoms. The van der Waals surface area contributed by atoms with Crippen molar-refractivity contribution < 1.29 is 19.0 Å². The molecule has 2 aliphatic heterocycles. The average molecular weight is 392 g/mol. The molecule has 0 radical (unpaired) electrons. The van der Waals surface area contributed by atoms with E-state index in [-0.39, 0.29) is 0 Å². The topological polar surface area (TPSA) is 140 Å². The highest BCUT2D eigenvalue weighted by Crippen LogP contribution is 2.67. The minimum Gasteiger partial charge on any atom is -0.465 e. The molecule has 2 saturated heterocycles. The maximum Gasteiger partial charge on any atom is 0.337 e. The first kappa shape index (κ1) is 20.3. The number of esters is 1. The number of ether oxygens (including phenoxy) is 3. The van der Waals surface area contributed by atoms with E-state index in [0.717, 1.165) is 0 Å². The lowest BCUT2D eigenvalue weighted by atomic mass is 9.53. The highest BCUT2D eigenvalue weighted by Gasteiger charge is 2.78. The largest absolute Gasteiger partial charge is 0.465 e. The first-order chi connectivity index (χ1) is 13.8. The third-order valence-electron chi connectivity index (χ3n) is 5.93. The zero-order chi connectivity index (χ0) is 21.4. The molecule has 3 rings (SSSR count). The standard InChI is InChI=1S/C21H20N4O4/c1-4-5-15-19(2)28-16(13-6-8-14(9-7-13)17(26)27-3)20(10-22,11-23)21(15,12-24)18(25)29-19/h6-9,15-16,25H,4-5H2,1-3H3. The molecular formula is C21H20N4O4. The zero-order valence-electron chi connectivity index (χ0n) is 16.4. The number of nitrogens with zero attached hydrogens (tertiary/aromatic N) is 3. The van der Waals surface area contributed by atoms with Gasteiger partial charge in [0.05, 0.1) is 36.8 Å². The van der Waals surface area contributed by atoms with Crippen LogP contribution >= 0.6 is 0 Å². The van der Waals surface area contributed by atoms with Crippen LogP contribution in [0.2, 0.25) is 0 Å². The van der Waals surface area contributed by atoms with Crippen molar-refractivity contribution in [2.45, 2.75) is 38.6 Å². The van der Waals surface area contributed by atoms with Crippen molar-refractivity contribution in [2.24, 2.45) is 16.7 Å². The maximum absolute atomic E-state index is 11.7. The molecule has 4 atom stereocenters. The van der Waals surface area contributed by atoms with Gasteiger partial charge in [-0.3, -0.25) is 5.41 Å². The van der Waals surface area contributed by atoms with Gasteiger partial charge < -0.3 is 14.2 Å². The molecule has 1 N–H and O–H groups in total. The van der Waals surface area contributed by atoms with E-state index in [1.165, 1.54) is 19.2 Å². The Morgan fingerprint density at radius 2 is 1.83 bits per heavy atom. The van der Waals surface area contributed by atoms with Gasteiger partial charge in [-0.05, 0) is 24.1 Å². The van der Waals surface area contributed by atoms with Gasteiger partial charge in [0.15, 0.2) is 5.41 Å². The van der Waals surface area contributed by atoms with Crippen molar-refractivity contribution in [3.63, 3.8) is 0 Å². The summed E-state index contributed by atoms with van der Waals surface area (Å²) in [6, 6.07) is 12.2. The van der Waals surface area contributed by atoms with Gasteiger partial charge >= 0.3 is 5.97 Å². The number of fused-ring (bicyclic) bond motifs is 2. The first-order valence-corrected chi connectivity index (χ1v) is 9.18. The lowest BCUT2D eigenvalue weighted by Gasteiger charge is -2.48. The molecule has 2 bridgehead atoms. The van der Waals surface area contributed by atoms with E-state index in [0.29, 0.717) is 24.0 Å². The Morgan fingerprint density at radius 1 is 1.21 bits per heavy atom. The number of hydrogen-bond acceptors (Lipinski definition) is 8. The lowest BCUT2D eigenvalue weighted by molar-refractivity contribution is -0.273. The Morgan fingerprint density at radius 3 is 2.31 bits per heavy atom. The number of carbonyl (C=O) groups is 1. The Bertz CT molecular complexity index is 970. The van der Waals surface area contributed by atoms with Gasteiger partial charge in [0, 0.05) is 6.92 Å². The van der Waals surface area contributed by atoms with Crippen molar-refractivity contribution in [1.82, 2.24) is 0 Å². The van der Waals surface area contributed by atoms with E-state index in [1.54, 1.807) is 19.1 Å². The third kappa shape index (κ3) is 2.45. The second-order valence-corrected chi connectivity index (χ2v) is 7.35. The molecule has 0 aliphatic carbocycles. The zero-order valence-corrected chi connectivity index (χ0v) is 16.4. The molecular weight excluding hydrogens is 372 g/mol. The average Bonchev–Trinajstić information content (AvgIpc) is 2.90. The fourth-order valence-electron chi connectivity index (χ4n) is 4.53. The minimum absolute atomic E-state index is 0.295. The number of nitrogens with one attached hydrogen (secondary N) is 1. The molecule has 0 aromatic heterocycles. The monoisotopic (exact) mass is 392 g/mol. The molecule has 4 unspecified atom stereocenters. The summed E-state index contributed by atoms with van der Waals surface area (Å²) in [7, 11) is 1.27. The van der Waals surface area contributed by atoms with Crippen LogP contribution in [0.1, 0.15) is 48.7 Å². The van der Waals surface area contributed by atoms with Gasteiger partial charge in [0.25, 0.3) is 0 Å². The van der Waals surface area contributed by atoms with Crippen LogP contribution < -0.4 is 0 Å². The fraction of sp³-hybridized carbons (Fsp3) is 0.476. The third-order valence-corrected chi connectivity index (χ3v) is 5.93. The highest BCUT2D eigenvalue weighted by atomic mass is 16.7. The lowest BCUT2D eigenvalue weighted by Crippen LogP contribution is -2.58. The van der Waals surface area contributed by atoms with E-state index in [9.17, 15) is 20.6 Å². The van der Waals surface area contributed by atoms with Gasteiger partial charge in [-0.25, -0.2) is 4.79 Å². The molecule has 2 fully saturated rings. The van der Waals surface area contributed by atoms with Crippen molar-refractivity contribution in [3.05, 3.63) is 35.4 Å². The molecule has 1 aromatic carbocycles. The molecule has 0 saturated carbocycles. The number of carbonyl (C=O) groups excluding carboxylic acids is 1. The summed E-state index contributed by atoms with van der Waals surface area (Å²) < 4.78 is 16.5. The predicted octanol–water partition coefficient (Wildman–Crippen LogP) is 3.23. The summed E-state index contributed by atoms with van der Waals surface area (Å²) in [6.45, 7) is 3.55. The number of benzene rings is 1. The Kier molecular flexibility index (Phi) is 4.82. The summed E-state index contributed by atoms with van der Waals surface area (Å²) in [6.07, 6.45) is -0.0366. The van der Waals surface area contributed by atoms with Crippen LogP contribution in [0.15, 0.2) is 24.3 Å². The molecule has 0 amide bonds.